The average molecular weight is 525 g/mol. The molecule has 10 nitrogen and oxygen atoms in total. The molecule has 0 heterocycles. The summed E-state index contributed by atoms with van der Waals surface area (Å²) in [5.74, 6) is 0.196. The van der Waals surface area contributed by atoms with Crippen LogP contribution in [0.15, 0.2) is 42.5 Å². The Balaban J connectivity index is 2.24. The third-order valence-corrected chi connectivity index (χ3v) is 6.66. The van der Waals surface area contributed by atoms with Crippen LogP contribution in [0.3, 0.4) is 0 Å². The molecule has 0 aliphatic rings. The van der Waals surface area contributed by atoms with Gasteiger partial charge in [-0.15, -0.1) is 11.8 Å². The van der Waals surface area contributed by atoms with E-state index in [1.54, 1.807) is 24.3 Å². The Morgan fingerprint density at radius 3 is 2.12 bits per heavy atom. The summed E-state index contributed by atoms with van der Waals surface area (Å²) in [6.45, 7) is 0. The Bertz CT molecular complexity index is 1170. The van der Waals surface area contributed by atoms with E-state index in [1.165, 1.54) is 12.1 Å². The van der Waals surface area contributed by atoms with Gasteiger partial charge in [-0.05, 0) is 41.5 Å². The number of nitrogens with zero attached hydrogens (tertiary/aromatic N) is 1. The van der Waals surface area contributed by atoms with Crippen molar-refractivity contribution in [3.8, 4) is 0 Å². The zero-order chi connectivity index (χ0) is 24.1. The van der Waals surface area contributed by atoms with Crippen molar-refractivity contribution in [3.05, 3.63) is 68.7 Å². The van der Waals surface area contributed by atoms with Crippen molar-refractivity contribution in [1.82, 2.24) is 0 Å². The van der Waals surface area contributed by atoms with Crippen molar-refractivity contribution in [2.75, 3.05) is 24.0 Å². The van der Waals surface area contributed by atoms with Gasteiger partial charge in [-0.1, -0.05) is 29.8 Å². The minimum absolute atomic E-state index is 0.0785. The highest BCUT2D eigenvalue weighted by Crippen LogP contribution is 2.36. The molecule has 2 aromatic rings. The molecule has 0 bridgehead atoms. The molecule has 32 heavy (non-hydrogen) atoms. The molecule has 2 N–H and O–H groups in total. The zero-order valence-electron chi connectivity index (χ0n) is 17.0. The summed E-state index contributed by atoms with van der Waals surface area (Å²) in [6.07, 6.45) is 0.801. The van der Waals surface area contributed by atoms with Crippen molar-refractivity contribution >= 4 is 55.0 Å². The monoisotopic (exact) mass is 524 g/mol. The van der Waals surface area contributed by atoms with Crippen LogP contribution in [0.5, 0.6) is 0 Å². The molecule has 2 rings (SSSR count). The van der Waals surface area contributed by atoms with E-state index < -0.39 is 36.7 Å². The van der Waals surface area contributed by atoms with Crippen molar-refractivity contribution < 1.29 is 30.1 Å². The number of thioether (sulfide) groups is 1. The molecule has 0 amide bonds. The van der Waals surface area contributed by atoms with Gasteiger partial charge in [0.05, 0.1) is 17.4 Å². The quantitative estimate of drug-likeness (QED) is 0.151. The van der Waals surface area contributed by atoms with Crippen LogP contribution in [0, 0.1) is 10.1 Å². The van der Waals surface area contributed by atoms with Crippen molar-refractivity contribution in [2.24, 2.45) is 0 Å². The van der Waals surface area contributed by atoms with Crippen molar-refractivity contribution in [2.45, 2.75) is 18.0 Å². The molecule has 0 fully saturated rings. The topological polar surface area (TPSA) is 156 Å². The lowest BCUT2D eigenvalue weighted by Gasteiger charge is -2.20. The lowest BCUT2D eigenvalue weighted by molar-refractivity contribution is -0.384. The molecule has 0 aliphatic carbocycles. The molecule has 0 saturated carbocycles. The summed E-state index contributed by atoms with van der Waals surface area (Å²) < 4.78 is 57.1. The minimum Gasteiger partial charge on any atom is -0.399 e. The molecule has 176 valence electrons. The van der Waals surface area contributed by atoms with Gasteiger partial charge in [0.1, 0.15) is 16.6 Å². The second-order valence-corrected chi connectivity index (χ2v) is 11.5. The molecule has 2 aromatic carbocycles. The standard InChI is InChI=1S/C18H21ClN2O8S3/c1-31(24,25)28-17(13-5-8-15(19)16(11-13)21(22)23)9-10-30-18(29-32(2,26)27)12-3-6-14(20)7-4-12/h3-8,11,17-18H,9-10,20H2,1-2H3/t17-,18-/m0/s1. The summed E-state index contributed by atoms with van der Waals surface area (Å²) in [7, 11) is -7.71. The zero-order valence-corrected chi connectivity index (χ0v) is 20.2. The fraction of sp³-hybridized carbons (Fsp3) is 0.333. The molecule has 0 unspecified atom stereocenters. The Labute approximate surface area is 195 Å². The summed E-state index contributed by atoms with van der Waals surface area (Å²) in [6, 6.07) is 10.3. The van der Waals surface area contributed by atoms with Crippen LogP contribution in [-0.4, -0.2) is 40.0 Å². The number of hydrogen-bond donors (Lipinski definition) is 1. The first-order valence-electron chi connectivity index (χ1n) is 8.92. The molecule has 0 aromatic heterocycles. The Kier molecular flexibility index (Phi) is 8.90. The SMILES string of the molecule is CS(=O)(=O)O[C@@H](CCS[C@H](OS(C)(=O)=O)c1ccc(N)cc1)c1ccc(Cl)c([N+](=O)[O-])c1. The molecule has 0 spiro atoms. The maximum atomic E-state index is 11.7. The van der Waals surface area contributed by atoms with Gasteiger partial charge in [-0.2, -0.15) is 16.8 Å². The fourth-order valence-electron chi connectivity index (χ4n) is 2.62. The molecule has 14 heteroatoms. The predicted molar refractivity (Wildman–Crippen MR) is 123 cm³/mol. The van der Waals surface area contributed by atoms with E-state index in [0.29, 0.717) is 11.3 Å². The van der Waals surface area contributed by atoms with Crippen LogP contribution in [0.2, 0.25) is 5.02 Å². The second-order valence-electron chi connectivity index (χ2n) is 6.72. The second kappa shape index (κ2) is 10.8. The highest BCUT2D eigenvalue weighted by atomic mass is 35.5. The smallest absolute Gasteiger partial charge is 0.288 e. The fourth-order valence-corrected chi connectivity index (χ4v) is 5.43. The van der Waals surface area contributed by atoms with E-state index in [4.69, 9.17) is 25.7 Å². The van der Waals surface area contributed by atoms with Gasteiger partial charge in [0.25, 0.3) is 25.9 Å². The largest absolute Gasteiger partial charge is 0.399 e. The maximum Gasteiger partial charge on any atom is 0.288 e. The highest BCUT2D eigenvalue weighted by molar-refractivity contribution is 7.99. The molecule has 2 atom stereocenters. The third-order valence-electron chi connectivity index (χ3n) is 3.95. The third kappa shape index (κ3) is 8.56. The van der Waals surface area contributed by atoms with Crippen molar-refractivity contribution in [1.29, 1.82) is 0 Å². The number of halogens is 1. The summed E-state index contributed by atoms with van der Waals surface area (Å²) in [5, 5.41) is 11.1. The molecular formula is C18H21ClN2O8S3. The molecular weight excluding hydrogens is 504 g/mol. The number of rotatable bonds is 11. The summed E-state index contributed by atoms with van der Waals surface area (Å²) in [5.41, 5.74) is 5.63. The van der Waals surface area contributed by atoms with Crippen LogP contribution in [-0.2, 0) is 28.6 Å². The Morgan fingerprint density at radius 2 is 1.59 bits per heavy atom. The number of nitro groups is 1. The lowest BCUT2D eigenvalue weighted by Crippen LogP contribution is -2.13. The summed E-state index contributed by atoms with van der Waals surface area (Å²) in [4.78, 5) is 10.5. The van der Waals surface area contributed by atoms with Crippen LogP contribution in [0.25, 0.3) is 0 Å². The van der Waals surface area contributed by atoms with Crippen molar-refractivity contribution in [3.63, 3.8) is 0 Å². The Morgan fingerprint density at radius 1 is 1.03 bits per heavy atom. The summed E-state index contributed by atoms with van der Waals surface area (Å²) >= 11 is 6.92. The minimum atomic E-state index is -3.90. The van der Waals surface area contributed by atoms with Gasteiger partial charge in [-0.25, -0.2) is 0 Å². The van der Waals surface area contributed by atoms with E-state index in [1.807, 2.05) is 0 Å². The van der Waals surface area contributed by atoms with E-state index in [-0.39, 0.29) is 28.4 Å². The van der Waals surface area contributed by atoms with Crippen LogP contribution < -0.4 is 5.73 Å². The first-order valence-corrected chi connectivity index (χ1v) is 14.0. The van der Waals surface area contributed by atoms with Gasteiger partial charge < -0.3 is 5.73 Å². The number of benzene rings is 2. The van der Waals surface area contributed by atoms with Gasteiger partial charge >= 0.3 is 0 Å². The first kappa shape index (κ1) is 26.4. The number of nitrogens with two attached hydrogens (primary N) is 1. The highest BCUT2D eigenvalue weighted by Gasteiger charge is 2.24. The number of nitrogen functional groups attached to an aromatic ring is 1. The lowest BCUT2D eigenvalue weighted by atomic mass is 10.1. The molecule has 0 aliphatic heterocycles. The number of anilines is 1. The van der Waals surface area contributed by atoms with Gasteiger partial charge in [0.2, 0.25) is 0 Å². The predicted octanol–water partition coefficient (Wildman–Crippen LogP) is 3.65. The van der Waals surface area contributed by atoms with E-state index in [2.05, 4.69) is 0 Å². The maximum absolute atomic E-state index is 11.7. The van der Waals surface area contributed by atoms with E-state index in [0.717, 1.165) is 30.3 Å². The van der Waals surface area contributed by atoms with Gasteiger partial charge in [-0.3, -0.25) is 18.5 Å². The normalized spacial score (nSPS) is 14.1. The molecule has 0 saturated heterocycles. The molecule has 0 radical (unpaired) electrons. The van der Waals surface area contributed by atoms with Gasteiger partial charge in [0.15, 0.2) is 0 Å². The van der Waals surface area contributed by atoms with Crippen LogP contribution in [0.4, 0.5) is 11.4 Å². The van der Waals surface area contributed by atoms with E-state index >= 15 is 0 Å². The van der Waals surface area contributed by atoms with Gasteiger partial charge in [0, 0.05) is 11.8 Å². The van der Waals surface area contributed by atoms with Crippen LogP contribution >= 0.6 is 23.4 Å². The van der Waals surface area contributed by atoms with Crippen LogP contribution in [0.1, 0.15) is 29.1 Å². The first-order chi connectivity index (χ1) is 14.7. The Hall–Kier alpha value is -1.90. The average Bonchev–Trinajstić information content (AvgIpc) is 2.65. The number of hydrogen-bond acceptors (Lipinski definition) is 10. The number of nitro benzene ring substituents is 1. The van der Waals surface area contributed by atoms with E-state index in [9.17, 15) is 26.9 Å².